The Labute approximate surface area is 142 Å². The minimum atomic E-state index is -0.492. The van der Waals surface area contributed by atoms with Gasteiger partial charge in [0, 0.05) is 15.3 Å². The first kappa shape index (κ1) is 17.6. The van der Waals surface area contributed by atoms with E-state index in [0.29, 0.717) is 15.6 Å². The summed E-state index contributed by atoms with van der Waals surface area (Å²) in [6.45, 7) is 5.36. The zero-order chi connectivity index (χ0) is 17.0. The van der Waals surface area contributed by atoms with Crippen LogP contribution in [0.25, 0.3) is 0 Å². The summed E-state index contributed by atoms with van der Waals surface area (Å²) in [5, 5.41) is 3.29. The van der Waals surface area contributed by atoms with E-state index in [1.165, 1.54) is 30.4 Å². The largest absolute Gasteiger partial charge is 0.301 e. The van der Waals surface area contributed by atoms with E-state index in [1.54, 1.807) is 6.07 Å². The lowest BCUT2D eigenvalue weighted by atomic mass is 10.1. The number of hydrogen-bond acceptors (Lipinski definition) is 5. The van der Waals surface area contributed by atoms with Crippen LogP contribution < -0.4 is 5.32 Å². The van der Waals surface area contributed by atoms with Crippen molar-refractivity contribution in [3.8, 4) is 0 Å². The number of amides is 1. The third-order valence-electron chi connectivity index (χ3n) is 3.17. The first-order valence-electron chi connectivity index (χ1n) is 7.10. The fourth-order valence-electron chi connectivity index (χ4n) is 1.95. The smallest absolute Gasteiger partial charge is 0.236 e. The van der Waals surface area contributed by atoms with Gasteiger partial charge in [0.1, 0.15) is 5.82 Å². The van der Waals surface area contributed by atoms with Gasteiger partial charge in [-0.05, 0) is 32.4 Å². The molecule has 2 rings (SSSR count). The fraction of sp³-hybridized carbons (Fsp3) is 0.312. The monoisotopic (exact) mass is 352 g/mol. The highest BCUT2D eigenvalue weighted by Crippen LogP contribution is 2.25. The zero-order valence-electron chi connectivity index (χ0n) is 13.1. The molecule has 1 aromatic heterocycles. The first-order chi connectivity index (χ1) is 10.9. The minimum absolute atomic E-state index is 0.0798. The summed E-state index contributed by atoms with van der Waals surface area (Å²) in [7, 11) is 0. The maximum atomic E-state index is 13.9. The number of ketones is 1. The Hall–Kier alpha value is -1.73. The average molecular weight is 352 g/mol. The van der Waals surface area contributed by atoms with Gasteiger partial charge in [-0.1, -0.05) is 13.0 Å². The van der Waals surface area contributed by atoms with E-state index in [0.717, 1.165) is 28.8 Å². The van der Waals surface area contributed by atoms with Crippen LogP contribution in [0.4, 0.5) is 9.52 Å². The topological polar surface area (TPSA) is 59.1 Å². The minimum Gasteiger partial charge on any atom is -0.301 e. The van der Waals surface area contributed by atoms with Crippen molar-refractivity contribution in [2.24, 2.45) is 0 Å². The van der Waals surface area contributed by atoms with Gasteiger partial charge in [0.25, 0.3) is 0 Å². The van der Waals surface area contributed by atoms with Crippen LogP contribution in [0.3, 0.4) is 0 Å². The van der Waals surface area contributed by atoms with Gasteiger partial charge in [0.05, 0.1) is 11.4 Å². The predicted octanol–water partition coefficient (Wildman–Crippen LogP) is 4.09. The van der Waals surface area contributed by atoms with Gasteiger partial charge in [0.2, 0.25) is 5.91 Å². The summed E-state index contributed by atoms with van der Waals surface area (Å²) in [4.78, 5) is 28.9. The fourth-order valence-corrected chi connectivity index (χ4v) is 3.58. The number of thioether (sulfide) groups is 1. The van der Waals surface area contributed by atoms with Crippen molar-refractivity contribution in [3.63, 3.8) is 0 Å². The molecule has 1 N–H and O–H groups in total. The number of rotatable bonds is 6. The highest BCUT2D eigenvalue weighted by molar-refractivity contribution is 8.00. The molecule has 0 unspecified atom stereocenters. The molecule has 23 heavy (non-hydrogen) atoms. The Bertz CT molecular complexity index is 744. The Morgan fingerprint density at radius 3 is 2.70 bits per heavy atom. The number of Topliss-reactive ketones (excluding diaryl/α,β-unsaturated/α-hetero) is 1. The molecule has 4 nitrogen and oxygen atoms in total. The molecule has 122 valence electrons. The van der Waals surface area contributed by atoms with Gasteiger partial charge in [-0.15, -0.1) is 23.1 Å². The molecule has 0 spiro atoms. The summed E-state index contributed by atoms with van der Waals surface area (Å²) < 4.78 is 13.9. The van der Waals surface area contributed by atoms with Crippen molar-refractivity contribution in [2.45, 2.75) is 32.1 Å². The summed E-state index contributed by atoms with van der Waals surface area (Å²) in [6, 6.07) is 4.27. The van der Waals surface area contributed by atoms with Crippen LogP contribution >= 0.6 is 23.1 Å². The molecule has 1 heterocycles. The maximum absolute atomic E-state index is 13.9. The molecule has 0 saturated carbocycles. The second-order valence-electron chi connectivity index (χ2n) is 4.91. The number of nitrogens with zero attached hydrogens (tertiary/aromatic N) is 1. The van der Waals surface area contributed by atoms with Crippen LogP contribution in [0.5, 0.6) is 0 Å². The zero-order valence-corrected chi connectivity index (χ0v) is 14.7. The van der Waals surface area contributed by atoms with E-state index in [-0.39, 0.29) is 17.4 Å². The number of hydrogen-bond donors (Lipinski definition) is 1. The summed E-state index contributed by atoms with van der Waals surface area (Å²) >= 11 is 2.52. The first-order valence-corrected chi connectivity index (χ1v) is 8.90. The lowest BCUT2D eigenvalue weighted by Gasteiger charge is -2.05. The van der Waals surface area contributed by atoms with E-state index in [2.05, 4.69) is 10.3 Å². The van der Waals surface area contributed by atoms with E-state index >= 15 is 0 Å². The van der Waals surface area contributed by atoms with Gasteiger partial charge in [-0.25, -0.2) is 9.37 Å². The Morgan fingerprint density at radius 1 is 1.39 bits per heavy atom. The van der Waals surface area contributed by atoms with Gasteiger partial charge >= 0.3 is 0 Å². The van der Waals surface area contributed by atoms with Crippen molar-refractivity contribution < 1.29 is 14.0 Å². The molecule has 0 radical (unpaired) electrons. The molecule has 0 aliphatic rings. The van der Waals surface area contributed by atoms with E-state index in [9.17, 15) is 14.0 Å². The molecular formula is C16H17FN2O2S2. The number of aryl methyl sites for hydroxylation is 2. The molecule has 0 atom stereocenters. The summed E-state index contributed by atoms with van der Waals surface area (Å²) in [5.41, 5.74) is 1.30. The van der Waals surface area contributed by atoms with Gasteiger partial charge in [-0.3, -0.25) is 9.59 Å². The second kappa shape index (κ2) is 7.70. The number of carbonyl (C=O) groups excluding carboxylic acids is 2. The molecule has 0 aliphatic carbocycles. The average Bonchev–Trinajstić information content (AvgIpc) is 2.85. The van der Waals surface area contributed by atoms with Crippen LogP contribution in [-0.4, -0.2) is 22.4 Å². The molecule has 7 heteroatoms. The van der Waals surface area contributed by atoms with Crippen LogP contribution in [-0.2, 0) is 11.2 Å². The van der Waals surface area contributed by atoms with Gasteiger partial charge in [-0.2, -0.15) is 0 Å². The number of benzene rings is 1. The molecule has 2 aromatic rings. The van der Waals surface area contributed by atoms with Crippen LogP contribution in [0.15, 0.2) is 23.1 Å². The standard InChI is InChI=1S/C16H17FN2O2S2/c1-4-13-10(3)23-16(18-13)19-15(21)8-22-14-6-5-11(9(2)20)7-12(14)17/h5-7H,4,8H2,1-3H3,(H,18,19,21). The molecular weight excluding hydrogens is 335 g/mol. The Balaban J connectivity index is 1.95. The lowest BCUT2D eigenvalue weighted by molar-refractivity contribution is -0.113. The Morgan fingerprint density at radius 2 is 2.13 bits per heavy atom. The number of thiazole rings is 1. The van der Waals surface area contributed by atoms with Gasteiger partial charge < -0.3 is 5.32 Å². The van der Waals surface area contributed by atoms with Crippen LogP contribution in [0.1, 0.15) is 34.8 Å². The molecule has 0 bridgehead atoms. The molecule has 0 saturated heterocycles. The lowest BCUT2D eigenvalue weighted by Crippen LogP contribution is -2.14. The number of anilines is 1. The molecule has 1 amide bonds. The predicted molar refractivity (Wildman–Crippen MR) is 92.0 cm³/mol. The molecule has 1 aromatic carbocycles. The highest BCUT2D eigenvalue weighted by Gasteiger charge is 2.12. The third kappa shape index (κ3) is 4.62. The summed E-state index contributed by atoms with van der Waals surface area (Å²) in [5.74, 6) is -0.837. The van der Waals surface area contributed by atoms with Crippen molar-refractivity contribution in [2.75, 3.05) is 11.1 Å². The number of nitrogens with one attached hydrogen (secondary N) is 1. The van der Waals surface area contributed by atoms with Crippen LogP contribution in [0.2, 0.25) is 0 Å². The quantitative estimate of drug-likeness (QED) is 0.628. The van der Waals surface area contributed by atoms with Crippen molar-refractivity contribution >= 4 is 39.9 Å². The normalized spacial score (nSPS) is 10.6. The maximum Gasteiger partial charge on any atom is 0.236 e. The Kier molecular flexibility index (Phi) is 5.90. The van der Waals surface area contributed by atoms with E-state index < -0.39 is 5.82 Å². The number of aromatic nitrogens is 1. The molecule has 0 aliphatic heterocycles. The number of halogens is 1. The van der Waals surface area contributed by atoms with Gasteiger partial charge in [0.15, 0.2) is 10.9 Å². The highest BCUT2D eigenvalue weighted by atomic mass is 32.2. The van der Waals surface area contributed by atoms with E-state index in [1.807, 2.05) is 13.8 Å². The SMILES string of the molecule is CCc1nc(NC(=O)CSc2ccc(C(C)=O)cc2F)sc1C. The van der Waals surface area contributed by atoms with Crippen molar-refractivity contribution in [1.29, 1.82) is 0 Å². The van der Waals surface area contributed by atoms with E-state index in [4.69, 9.17) is 0 Å². The van der Waals surface area contributed by atoms with Crippen molar-refractivity contribution in [1.82, 2.24) is 4.98 Å². The van der Waals surface area contributed by atoms with Crippen molar-refractivity contribution in [3.05, 3.63) is 40.2 Å². The molecule has 0 fully saturated rings. The van der Waals surface area contributed by atoms with Crippen LogP contribution in [0, 0.1) is 12.7 Å². The number of carbonyl (C=O) groups is 2. The summed E-state index contributed by atoms with van der Waals surface area (Å²) in [6.07, 6.45) is 0.820. The third-order valence-corrected chi connectivity index (χ3v) is 5.15. The second-order valence-corrected chi connectivity index (χ2v) is 7.13.